The minimum Gasteiger partial charge on any atom is -0.468 e. The third-order valence-corrected chi connectivity index (χ3v) is 6.90. The molecular weight excluding hydrogens is 373 g/mol. The highest BCUT2D eigenvalue weighted by Gasteiger charge is 2.41. The van der Waals surface area contributed by atoms with Crippen molar-refractivity contribution in [3.05, 3.63) is 29.1 Å². The molecule has 1 aromatic carbocycles. The van der Waals surface area contributed by atoms with E-state index in [1.165, 1.54) is 19.2 Å². The second kappa shape index (κ2) is 9.41. The molecule has 1 heterocycles. The van der Waals surface area contributed by atoms with Crippen LogP contribution < -0.4 is 0 Å². The van der Waals surface area contributed by atoms with Crippen LogP contribution in [0.5, 0.6) is 0 Å². The smallest absolute Gasteiger partial charge is 0.324 e. The number of esters is 1. The number of sulfonamides is 1. The van der Waals surface area contributed by atoms with E-state index in [1.54, 1.807) is 6.92 Å². The molecule has 1 aliphatic heterocycles. The number of hydrogen-bond donors (Lipinski definition) is 0. The van der Waals surface area contributed by atoms with Crippen LogP contribution in [0, 0.1) is 12.7 Å². The summed E-state index contributed by atoms with van der Waals surface area (Å²) in [6, 6.07) is 1.99. The minimum atomic E-state index is -4.02. The van der Waals surface area contributed by atoms with Gasteiger partial charge in [-0.15, -0.1) is 0 Å². The van der Waals surface area contributed by atoms with E-state index in [1.807, 2.05) is 0 Å². The van der Waals surface area contributed by atoms with Gasteiger partial charge in [0, 0.05) is 18.5 Å². The molecule has 0 radical (unpaired) electrons. The third-order valence-electron chi connectivity index (χ3n) is 4.91. The number of aryl methyl sites for hydroxylation is 1. The van der Waals surface area contributed by atoms with Gasteiger partial charge in [0.05, 0.1) is 12.0 Å². The second-order valence-electron chi connectivity index (χ2n) is 6.74. The SMILES string of the molecule is COC(=O)[C@@H]1CCCN1S(=O)(=O)c1ccc(C)c(F)c1CCCCCC=O. The highest BCUT2D eigenvalue weighted by atomic mass is 32.2. The molecule has 1 aliphatic rings. The number of carbonyl (C=O) groups is 2. The number of rotatable bonds is 9. The number of ether oxygens (including phenoxy) is 1. The maximum Gasteiger partial charge on any atom is 0.324 e. The van der Waals surface area contributed by atoms with E-state index >= 15 is 0 Å². The lowest BCUT2D eigenvalue weighted by molar-refractivity contribution is -0.144. The number of benzene rings is 1. The Labute approximate surface area is 159 Å². The molecule has 2 rings (SSSR count). The van der Waals surface area contributed by atoms with Gasteiger partial charge in [-0.1, -0.05) is 12.5 Å². The van der Waals surface area contributed by atoms with Crippen LogP contribution in [0.2, 0.25) is 0 Å². The summed E-state index contributed by atoms with van der Waals surface area (Å²) in [5.74, 6) is -1.13. The highest BCUT2D eigenvalue weighted by molar-refractivity contribution is 7.89. The Morgan fingerprint density at radius 1 is 1.33 bits per heavy atom. The van der Waals surface area contributed by atoms with Crippen molar-refractivity contribution in [3.8, 4) is 0 Å². The van der Waals surface area contributed by atoms with Crippen LogP contribution in [0.4, 0.5) is 4.39 Å². The van der Waals surface area contributed by atoms with Crippen LogP contribution in [-0.2, 0) is 30.8 Å². The molecule has 0 amide bonds. The minimum absolute atomic E-state index is 0.0863. The monoisotopic (exact) mass is 399 g/mol. The van der Waals surface area contributed by atoms with Gasteiger partial charge < -0.3 is 9.53 Å². The molecule has 1 fully saturated rings. The summed E-state index contributed by atoms with van der Waals surface area (Å²) in [5, 5.41) is 0. The highest BCUT2D eigenvalue weighted by Crippen LogP contribution is 2.31. The van der Waals surface area contributed by atoms with E-state index in [2.05, 4.69) is 0 Å². The van der Waals surface area contributed by atoms with E-state index in [4.69, 9.17) is 4.74 Å². The van der Waals surface area contributed by atoms with Crippen molar-refractivity contribution in [1.82, 2.24) is 4.31 Å². The molecule has 1 saturated heterocycles. The van der Waals surface area contributed by atoms with Crippen molar-refractivity contribution >= 4 is 22.3 Å². The summed E-state index contributed by atoms with van der Waals surface area (Å²) in [6.45, 7) is 1.80. The van der Waals surface area contributed by atoms with Gasteiger partial charge in [-0.3, -0.25) is 4.79 Å². The van der Waals surface area contributed by atoms with Gasteiger partial charge in [0.2, 0.25) is 10.0 Å². The number of methoxy groups -OCH3 is 1. The standard InChI is InChI=1S/C19H26FNO5S/c1-14-10-11-17(15(18(14)20)8-5-3-4-6-13-22)27(24,25)21-12-7-9-16(21)19(23)26-2/h10-11,13,16H,3-9,12H2,1-2H3/t16-/m0/s1. The number of nitrogens with zero attached hydrogens (tertiary/aromatic N) is 1. The lowest BCUT2D eigenvalue weighted by Gasteiger charge is -2.24. The van der Waals surface area contributed by atoms with Gasteiger partial charge in [-0.25, -0.2) is 12.8 Å². The zero-order chi connectivity index (χ0) is 20.0. The molecule has 8 heteroatoms. The van der Waals surface area contributed by atoms with Gasteiger partial charge in [0.15, 0.2) is 0 Å². The molecule has 0 saturated carbocycles. The zero-order valence-electron chi connectivity index (χ0n) is 15.7. The fourth-order valence-corrected chi connectivity index (χ4v) is 5.32. The normalized spacial score (nSPS) is 17.8. The molecule has 0 bridgehead atoms. The number of hydrogen-bond acceptors (Lipinski definition) is 5. The first kappa shape index (κ1) is 21.5. The Kier molecular flexibility index (Phi) is 7.49. The third kappa shape index (κ3) is 4.73. The topological polar surface area (TPSA) is 80.8 Å². The Balaban J connectivity index is 2.34. The van der Waals surface area contributed by atoms with Crippen LogP contribution >= 0.6 is 0 Å². The van der Waals surface area contributed by atoms with Crippen molar-refractivity contribution in [2.45, 2.75) is 62.8 Å². The largest absolute Gasteiger partial charge is 0.468 e. The summed E-state index contributed by atoms with van der Waals surface area (Å²) in [5.41, 5.74) is 0.527. The van der Waals surface area contributed by atoms with Crippen molar-refractivity contribution in [3.63, 3.8) is 0 Å². The van der Waals surface area contributed by atoms with Gasteiger partial charge in [0.1, 0.15) is 18.1 Å². The van der Waals surface area contributed by atoms with Gasteiger partial charge in [-0.2, -0.15) is 4.31 Å². The Bertz CT molecular complexity index is 794. The molecule has 0 aromatic heterocycles. The molecule has 0 spiro atoms. The van der Waals surface area contributed by atoms with Crippen molar-refractivity contribution < 1.29 is 27.1 Å². The lowest BCUT2D eigenvalue weighted by Crippen LogP contribution is -2.41. The summed E-state index contributed by atoms with van der Waals surface area (Å²) >= 11 is 0. The molecule has 0 aliphatic carbocycles. The Morgan fingerprint density at radius 2 is 2.07 bits per heavy atom. The van der Waals surface area contributed by atoms with E-state index in [9.17, 15) is 22.4 Å². The zero-order valence-corrected chi connectivity index (χ0v) is 16.6. The number of halogens is 1. The summed E-state index contributed by atoms with van der Waals surface area (Å²) in [7, 11) is -2.80. The summed E-state index contributed by atoms with van der Waals surface area (Å²) in [6.07, 6.45) is 4.46. The quantitative estimate of drug-likeness (QED) is 0.362. The molecule has 1 aromatic rings. The predicted molar refractivity (Wildman–Crippen MR) is 98.3 cm³/mol. The Hall–Kier alpha value is -1.80. The van der Waals surface area contributed by atoms with Crippen molar-refractivity contribution in [2.75, 3.05) is 13.7 Å². The van der Waals surface area contributed by atoms with Gasteiger partial charge in [-0.05, 0) is 50.7 Å². The average molecular weight is 399 g/mol. The molecule has 0 unspecified atom stereocenters. The van der Waals surface area contributed by atoms with Crippen molar-refractivity contribution in [1.29, 1.82) is 0 Å². The number of carbonyl (C=O) groups excluding carboxylic acids is 2. The van der Waals surface area contributed by atoms with E-state index in [0.29, 0.717) is 44.1 Å². The van der Waals surface area contributed by atoms with Gasteiger partial charge >= 0.3 is 5.97 Å². The van der Waals surface area contributed by atoms with E-state index in [0.717, 1.165) is 10.6 Å². The maximum atomic E-state index is 14.7. The molecule has 27 heavy (non-hydrogen) atoms. The molecule has 1 atom stereocenters. The first-order valence-electron chi connectivity index (χ1n) is 9.16. The maximum absolute atomic E-state index is 14.7. The van der Waals surface area contributed by atoms with E-state index < -0.39 is 27.9 Å². The van der Waals surface area contributed by atoms with Crippen LogP contribution in [-0.4, -0.2) is 44.7 Å². The van der Waals surface area contributed by atoms with Crippen LogP contribution in [0.25, 0.3) is 0 Å². The fraction of sp³-hybridized carbons (Fsp3) is 0.579. The summed E-state index contributed by atoms with van der Waals surface area (Å²) < 4.78 is 47.0. The second-order valence-corrected chi connectivity index (χ2v) is 8.60. The molecule has 6 nitrogen and oxygen atoms in total. The van der Waals surface area contributed by atoms with Crippen LogP contribution in [0.15, 0.2) is 17.0 Å². The van der Waals surface area contributed by atoms with Gasteiger partial charge in [0.25, 0.3) is 0 Å². The number of unbranched alkanes of at least 4 members (excludes halogenated alkanes) is 3. The first-order valence-corrected chi connectivity index (χ1v) is 10.6. The summed E-state index contributed by atoms with van der Waals surface area (Å²) in [4.78, 5) is 22.3. The molecule has 0 N–H and O–H groups in total. The van der Waals surface area contributed by atoms with Crippen LogP contribution in [0.3, 0.4) is 0 Å². The van der Waals surface area contributed by atoms with E-state index in [-0.39, 0.29) is 23.4 Å². The predicted octanol–water partition coefficient (Wildman–Crippen LogP) is 2.76. The van der Waals surface area contributed by atoms with Crippen LogP contribution in [0.1, 0.15) is 49.7 Å². The fourth-order valence-electron chi connectivity index (χ4n) is 3.43. The first-order chi connectivity index (χ1) is 12.8. The molecule has 150 valence electrons. The lowest BCUT2D eigenvalue weighted by atomic mass is 10.0. The number of aldehydes is 1. The average Bonchev–Trinajstić information content (AvgIpc) is 3.14. The molecular formula is C19H26FNO5S. The Morgan fingerprint density at radius 3 is 2.74 bits per heavy atom. The van der Waals surface area contributed by atoms with Crippen molar-refractivity contribution in [2.24, 2.45) is 0 Å².